The van der Waals surface area contributed by atoms with E-state index in [9.17, 15) is 4.79 Å². The molecule has 1 aromatic carbocycles. The summed E-state index contributed by atoms with van der Waals surface area (Å²) in [5, 5.41) is 2.49. The van der Waals surface area contributed by atoms with Crippen molar-refractivity contribution in [1.29, 1.82) is 0 Å². The predicted molar refractivity (Wildman–Crippen MR) is 61.3 cm³/mol. The lowest BCUT2D eigenvalue weighted by Gasteiger charge is -2.04. The van der Waals surface area contributed by atoms with Gasteiger partial charge >= 0.3 is 6.09 Å². The molecule has 0 radical (unpaired) electrons. The summed E-state index contributed by atoms with van der Waals surface area (Å²) in [7, 11) is 0. The van der Waals surface area contributed by atoms with Gasteiger partial charge < -0.3 is 10.1 Å². The first kappa shape index (κ1) is 11.6. The topological polar surface area (TPSA) is 38.3 Å². The minimum absolute atomic E-state index is 0.272. The highest BCUT2D eigenvalue weighted by Crippen LogP contribution is 2.00. The van der Waals surface area contributed by atoms with Crippen LogP contribution in [-0.4, -0.2) is 12.6 Å². The lowest BCUT2D eigenvalue weighted by Crippen LogP contribution is -2.24. The van der Waals surface area contributed by atoms with Crippen LogP contribution in [0.1, 0.15) is 5.56 Å². The quantitative estimate of drug-likeness (QED) is 0.854. The van der Waals surface area contributed by atoms with Gasteiger partial charge in [0.1, 0.15) is 6.61 Å². The minimum Gasteiger partial charge on any atom is -0.445 e. The van der Waals surface area contributed by atoms with Gasteiger partial charge in [0, 0.05) is 15.9 Å². The van der Waals surface area contributed by atoms with Gasteiger partial charge in [-0.15, -0.1) is 0 Å². The standard InChI is InChI=1S/C11H10BrNO2/c12-7-4-8-13-11(14)15-9-10-5-2-1-3-6-10/h1-3,5-6H,8-9H2,(H,13,14). The summed E-state index contributed by atoms with van der Waals surface area (Å²) in [6, 6.07) is 9.49. The van der Waals surface area contributed by atoms with E-state index in [2.05, 4.69) is 32.0 Å². The molecule has 0 unspecified atom stereocenters. The normalized spacial score (nSPS) is 8.60. The Balaban J connectivity index is 2.24. The van der Waals surface area contributed by atoms with Crippen molar-refractivity contribution in [2.75, 3.05) is 6.54 Å². The second-order valence-electron chi connectivity index (χ2n) is 2.69. The van der Waals surface area contributed by atoms with Gasteiger partial charge in [0.2, 0.25) is 0 Å². The van der Waals surface area contributed by atoms with Crippen molar-refractivity contribution in [1.82, 2.24) is 5.32 Å². The Morgan fingerprint density at radius 3 is 2.80 bits per heavy atom. The number of alkyl carbamates (subject to hydrolysis) is 1. The lowest BCUT2D eigenvalue weighted by molar-refractivity contribution is 0.141. The zero-order chi connectivity index (χ0) is 10.9. The summed E-state index contributed by atoms with van der Waals surface area (Å²) in [5.41, 5.74) is 0.958. The van der Waals surface area contributed by atoms with Crippen molar-refractivity contribution < 1.29 is 9.53 Å². The van der Waals surface area contributed by atoms with Gasteiger partial charge in [0.15, 0.2) is 0 Å². The Hall–Kier alpha value is -1.47. The fraction of sp³-hybridized carbons (Fsp3) is 0.182. The molecule has 1 aromatic rings. The Labute approximate surface area is 96.9 Å². The van der Waals surface area contributed by atoms with Crippen LogP contribution in [-0.2, 0) is 11.3 Å². The molecule has 78 valence electrons. The second-order valence-corrected chi connectivity index (χ2v) is 3.08. The smallest absolute Gasteiger partial charge is 0.408 e. The van der Waals surface area contributed by atoms with Crippen LogP contribution in [0.15, 0.2) is 30.3 Å². The van der Waals surface area contributed by atoms with Gasteiger partial charge in [-0.05, 0) is 10.4 Å². The summed E-state index contributed by atoms with van der Waals surface area (Å²) in [6.45, 7) is 0.549. The van der Waals surface area contributed by atoms with Gasteiger partial charge in [-0.2, -0.15) is 0 Å². The number of hydrogen-bond acceptors (Lipinski definition) is 2. The highest BCUT2D eigenvalue weighted by Gasteiger charge is 1.99. The van der Waals surface area contributed by atoms with Gasteiger partial charge in [-0.25, -0.2) is 4.79 Å². The fourth-order valence-corrected chi connectivity index (χ4v) is 1.06. The molecule has 0 fully saturated rings. The molecule has 4 heteroatoms. The third-order valence-electron chi connectivity index (χ3n) is 1.60. The molecule has 1 rings (SSSR count). The highest BCUT2D eigenvalue weighted by molar-refractivity contribution is 9.12. The largest absolute Gasteiger partial charge is 0.445 e. The van der Waals surface area contributed by atoms with E-state index in [-0.39, 0.29) is 13.2 Å². The third-order valence-corrected chi connectivity index (χ3v) is 1.88. The van der Waals surface area contributed by atoms with E-state index in [1.807, 2.05) is 30.3 Å². The molecule has 0 spiro atoms. The first-order valence-corrected chi connectivity index (χ1v) is 5.15. The van der Waals surface area contributed by atoms with Gasteiger partial charge in [-0.3, -0.25) is 0 Å². The lowest BCUT2D eigenvalue weighted by atomic mass is 10.2. The third kappa shape index (κ3) is 5.08. The average Bonchev–Trinajstić information content (AvgIpc) is 2.28. The number of carbonyl (C=O) groups is 1. The Kier molecular flexibility index (Phi) is 5.34. The van der Waals surface area contributed by atoms with Crippen LogP contribution in [0, 0.1) is 10.8 Å². The van der Waals surface area contributed by atoms with E-state index in [1.165, 1.54) is 0 Å². The van der Waals surface area contributed by atoms with E-state index in [0.29, 0.717) is 0 Å². The average molecular weight is 268 g/mol. The number of amides is 1. The first-order chi connectivity index (χ1) is 7.33. The molecule has 15 heavy (non-hydrogen) atoms. The number of carbonyl (C=O) groups excluding carboxylic acids is 1. The minimum atomic E-state index is -0.464. The monoisotopic (exact) mass is 267 g/mol. The highest BCUT2D eigenvalue weighted by atomic mass is 79.9. The molecule has 0 aromatic heterocycles. The molecule has 0 saturated heterocycles. The summed E-state index contributed by atoms with van der Waals surface area (Å²) in [5.74, 6) is 2.63. The van der Waals surface area contributed by atoms with E-state index >= 15 is 0 Å². The Morgan fingerprint density at radius 2 is 2.13 bits per heavy atom. The number of benzene rings is 1. The zero-order valence-electron chi connectivity index (χ0n) is 8.00. The molecular weight excluding hydrogens is 258 g/mol. The Morgan fingerprint density at radius 1 is 1.40 bits per heavy atom. The van der Waals surface area contributed by atoms with E-state index < -0.39 is 6.09 Å². The van der Waals surface area contributed by atoms with E-state index in [1.54, 1.807) is 0 Å². The first-order valence-electron chi connectivity index (χ1n) is 4.36. The van der Waals surface area contributed by atoms with Crippen LogP contribution >= 0.6 is 15.9 Å². The second kappa shape index (κ2) is 6.91. The molecule has 0 atom stereocenters. The summed E-state index contributed by atoms with van der Waals surface area (Å²) >= 11 is 2.92. The summed E-state index contributed by atoms with van der Waals surface area (Å²) in [6.07, 6.45) is -0.464. The molecule has 3 nitrogen and oxygen atoms in total. The van der Waals surface area contributed by atoms with Crippen LogP contribution in [0.3, 0.4) is 0 Å². The number of halogens is 1. The van der Waals surface area contributed by atoms with Crippen LogP contribution in [0.5, 0.6) is 0 Å². The molecule has 0 bridgehead atoms. The van der Waals surface area contributed by atoms with Crippen molar-refractivity contribution in [2.45, 2.75) is 6.61 Å². The molecule has 0 aliphatic heterocycles. The van der Waals surface area contributed by atoms with Gasteiger partial charge in [0.25, 0.3) is 0 Å². The number of nitrogens with one attached hydrogen (secondary N) is 1. The maximum atomic E-state index is 11.1. The molecule has 1 N–H and O–H groups in total. The number of rotatable bonds is 3. The molecule has 1 amide bonds. The van der Waals surface area contributed by atoms with Gasteiger partial charge in [0.05, 0.1) is 6.54 Å². The van der Waals surface area contributed by atoms with E-state index in [0.717, 1.165) is 5.56 Å². The number of hydrogen-bond donors (Lipinski definition) is 1. The Bertz CT molecular complexity index is 367. The van der Waals surface area contributed by atoms with Crippen LogP contribution in [0.4, 0.5) is 4.79 Å². The molecule has 0 heterocycles. The fourth-order valence-electron chi connectivity index (χ4n) is 0.924. The molecule has 0 aliphatic carbocycles. The van der Waals surface area contributed by atoms with Crippen molar-refractivity contribution in [3.63, 3.8) is 0 Å². The summed E-state index contributed by atoms with van der Waals surface area (Å²) < 4.78 is 4.94. The van der Waals surface area contributed by atoms with Crippen LogP contribution < -0.4 is 5.32 Å². The maximum absolute atomic E-state index is 11.1. The van der Waals surface area contributed by atoms with Crippen molar-refractivity contribution in [3.8, 4) is 10.8 Å². The maximum Gasteiger partial charge on any atom is 0.408 e. The molecular formula is C11H10BrNO2. The van der Waals surface area contributed by atoms with Crippen LogP contribution in [0.25, 0.3) is 0 Å². The molecule has 0 saturated carbocycles. The number of ether oxygens (including phenoxy) is 1. The SMILES string of the molecule is O=C(NCC#CBr)OCc1ccccc1. The van der Waals surface area contributed by atoms with Crippen LogP contribution in [0.2, 0.25) is 0 Å². The van der Waals surface area contributed by atoms with Crippen molar-refractivity contribution in [3.05, 3.63) is 35.9 Å². The zero-order valence-corrected chi connectivity index (χ0v) is 9.58. The predicted octanol–water partition coefficient (Wildman–Crippen LogP) is 2.27. The van der Waals surface area contributed by atoms with Crippen molar-refractivity contribution >= 4 is 22.0 Å². The van der Waals surface area contributed by atoms with Gasteiger partial charge in [-0.1, -0.05) is 36.3 Å². The molecule has 0 aliphatic rings. The summed E-state index contributed by atoms with van der Waals surface area (Å²) in [4.78, 5) is 13.6. The van der Waals surface area contributed by atoms with Crippen molar-refractivity contribution in [2.24, 2.45) is 0 Å². The van der Waals surface area contributed by atoms with E-state index in [4.69, 9.17) is 4.74 Å².